The maximum atomic E-state index is 12.3. The molecule has 0 aliphatic carbocycles. The van der Waals surface area contributed by atoms with Gasteiger partial charge in [-0.05, 0) is 37.7 Å². The second-order valence-electron chi connectivity index (χ2n) is 5.86. The number of hydrogen-bond donors (Lipinski definition) is 0. The predicted octanol–water partition coefficient (Wildman–Crippen LogP) is 1.44. The van der Waals surface area contributed by atoms with Gasteiger partial charge in [-0.3, -0.25) is 4.79 Å². The number of carbonyl (C=O) groups excluding carboxylic acids is 1. The molecule has 1 aromatic rings. The van der Waals surface area contributed by atoms with E-state index in [4.69, 9.17) is 4.74 Å². The van der Waals surface area contributed by atoms with Gasteiger partial charge in [0.2, 0.25) is 5.91 Å². The van der Waals surface area contributed by atoms with Gasteiger partial charge >= 0.3 is 0 Å². The summed E-state index contributed by atoms with van der Waals surface area (Å²) in [7, 11) is 0. The van der Waals surface area contributed by atoms with Crippen molar-refractivity contribution in [2.75, 3.05) is 13.1 Å². The molecule has 108 valence electrons. The van der Waals surface area contributed by atoms with Gasteiger partial charge in [0.05, 0.1) is 12.2 Å². The third-order valence-corrected chi connectivity index (χ3v) is 4.33. The molecule has 0 spiro atoms. The number of hydrogen-bond acceptors (Lipinski definition) is 4. The van der Waals surface area contributed by atoms with Crippen LogP contribution in [0.25, 0.3) is 0 Å². The quantitative estimate of drug-likeness (QED) is 0.837. The summed E-state index contributed by atoms with van der Waals surface area (Å²) >= 11 is 0. The standard InChI is InChI=1S/C15H21N3O2/c1-11-6-13-4-5-18(9-14(13)20-11)15(19)3-2-12-7-16-10-17-8-12/h7-8,10-11,13-14H,2-6,9H2,1H3/t11-,13+,14-/m1/s1. The third kappa shape index (κ3) is 2.98. The number of ether oxygens (including phenoxy) is 1. The molecule has 1 amide bonds. The number of carbonyl (C=O) groups is 1. The molecule has 2 saturated heterocycles. The Kier molecular flexibility index (Phi) is 3.96. The molecule has 0 radical (unpaired) electrons. The van der Waals surface area contributed by atoms with Gasteiger partial charge in [0.15, 0.2) is 0 Å². The molecule has 2 aliphatic rings. The number of rotatable bonds is 3. The van der Waals surface area contributed by atoms with Crippen LogP contribution in [0.5, 0.6) is 0 Å². The minimum atomic E-state index is 0.218. The molecule has 0 unspecified atom stereocenters. The van der Waals surface area contributed by atoms with Crippen molar-refractivity contribution in [3.8, 4) is 0 Å². The third-order valence-electron chi connectivity index (χ3n) is 4.33. The number of likely N-dealkylation sites (tertiary alicyclic amines) is 1. The van der Waals surface area contributed by atoms with Crippen LogP contribution in [0.2, 0.25) is 0 Å². The van der Waals surface area contributed by atoms with Crippen molar-refractivity contribution in [1.29, 1.82) is 0 Å². The summed E-state index contributed by atoms with van der Waals surface area (Å²) in [4.78, 5) is 22.2. The zero-order valence-electron chi connectivity index (χ0n) is 11.9. The molecule has 2 aliphatic heterocycles. The van der Waals surface area contributed by atoms with Gasteiger partial charge in [-0.15, -0.1) is 0 Å². The van der Waals surface area contributed by atoms with E-state index < -0.39 is 0 Å². The summed E-state index contributed by atoms with van der Waals surface area (Å²) < 4.78 is 5.89. The van der Waals surface area contributed by atoms with Crippen LogP contribution in [0.15, 0.2) is 18.7 Å². The zero-order chi connectivity index (χ0) is 13.9. The van der Waals surface area contributed by atoms with Crippen LogP contribution in [0.1, 0.15) is 31.7 Å². The second kappa shape index (κ2) is 5.87. The summed E-state index contributed by atoms with van der Waals surface area (Å²) in [6.45, 7) is 3.76. The second-order valence-corrected chi connectivity index (χ2v) is 5.86. The fourth-order valence-electron chi connectivity index (χ4n) is 3.26. The SMILES string of the molecule is C[C@@H]1C[C@@H]2CCN(C(=O)CCc3cncnc3)C[C@H]2O1. The van der Waals surface area contributed by atoms with Crippen molar-refractivity contribution in [3.63, 3.8) is 0 Å². The Morgan fingerprint density at radius 2 is 2.25 bits per heavy atom. The van der Waals surface area contributed by atoms with Crippen molar-refractivity contribution in [2.24, 2.45) is 5.92 Å². The molecule has 20 heavy (non-hydrogen) atoms. The van der Waals surface area contributed by atoms with Gasteiger partial charge < -0.3 is 9.64 Å². The Hall–Kier alpha value is -1.49. The largest absolute Gasteiger partial charge is 0.373 e. The van der Waals surface area contributed by atoms with E-state index in [1.54, 1.807) is 12.4 Å². The average Bonchev–Trinajstić information content (AvgIpc) is 2.85. The number of amides is 1. The summed E-state index contributed by atoms with van der Waals surface area (Å²) in [6, 6.07) is 0. The lowest BCUT2D eigenvalue weighted by Crippen LogP contribution is -2.45. The van der Waals surface area contributed by atoms with Crippen molar-refractivity contribution in [1.82, 2.24) is 14.9 Å². The monoisotopic (exact) mass is 275 g/mol. The normalized spacial score (nSPS) is 29.2. The van der Waals surface area contributed by atoms with Gasteiger partial charge in [0.1, 0.15) is 6.33 Å². The highest BCUT2D eigenvalue weighted by molar-refractivity contribution is 5.76. The fraction of sp³-hybridized carbons (Fsp3) is 0.667. The number of aryl methyl sites for hydroxylation is 1. The molecule has 1 aromatic heterocycles. The van der Waals surface area contributed by atoms with Crippen LogP contribution in [0.3, 0.4) is 0 Å². The maximum Gasteiger partial charge on any atom is 0.222 e. The first-order valence-corrected chi connectivity index (χ1v) is 7.39. The van der Waals surface area contributed by atoms with E-state index in [1.807, 2.05) is 4.90 Å². The average molecular weight is 275 g/mol. The Bertz CT molecular complexity index is 465. The van der Waals surface area contributed by atoms with Gasteiger partial charge in [-0.1, -0.05) is 0 Å². The molecule has 5 nitrogen and oxygen atoms in total. The molecule has 2 fully saturated rings. The van der Waals surface area contributed by atoms with E-state index in [2.05, 4.69) is 16.9 Å². The smallest absolute Gasteiger partial charge is 0.222 e. The minimum Gasteiger partial charge on any atom is -0.373 e. The predicted molar refractivity (Wildman–Crippen MR) is 74.0 cm³/mol. The van der Waals surface area contributed by atoms with Crippen LogP contribution in [-0.2, 0) is 16.0 Å². The van der Waals surface area contributed by atoms with Gasteiger partial charge in [0, 0.05) is 31.9 Å². The number of piperidine rings is 1. The summed E-state index contributed by atoms with van der Waals surface area (Å²) in [5.74, 6) is 0.868. The van der Waals surface area contributed by atoms with Crippen molar-refractivity contribution in [2.45, 2.75) is 44.8 Å². The molecule has 0 saturated carbocycles. The first kappa shape index (κ1) is 13.5. The van der Waals surface area contributed by atoms with Crippen molar-refractivity contribution >= 4 is 5.91 Å². The lowest BCUT2D eigenvalue weighted by molar-refractivity contribution is -0.135. The van der Waals surface area contributed by atoms with Gasteiger partial charge in [-0.25, -0.2) is 9.97 Å². The topological polar surface area (TPSA) is 55.3 Å². The van der Waals surface area contributed by atoms with Crippen molar-refractivity contribution < 1.29 is 9.53 Å². The fourth-order valence-corrected chi connectivity index (χ4v) is 3.26. The summed E-state index contributed by atoms with van der Waals surface area (Å²) in [5.41, 5.74) is 1.02. The molecule has 0 aromatic carbocycles. The molecule has 3 atom stereocenters. The first-order chi connectivity index (χ1) is 9.72. The van der Waals surface area contributed by atoms with E-state index in [0.29, 0.717) is 24.9 Å². The number of nitrogens with zero attached hydrogens (tertiary/aromatic N) is 3. The minimum absolute atomic E-state index is 0.218. The first-order valence-electron chi connectivity index (χ1n) is 7.39. The van der Waals surface area contributed by atoms with Gasteiger partial charge in [-0.2, -0.15) is 0 Å². The molecule has 3 rings (SSSR count). The maximum absolute atomic E-state index is 12.3. The highest BCUT2D eigenvalue weighted by Crippen LogP contribution is 2.33. The molecule has 3 heterocycles. The van der Waals surface area contributed by atoms with Crippen LogP contribution in [0, 0.1) is 5.92 Å². The lowest BCUT2D eigenvalue weighted by atomic mass is 9.92. The lowest BCUT2D eigenvalue weighted by Gasteiger charge is -2.34. The summed E-state index contributed by atoms with van der Waals surface area (Å²) in [6.07, 6.45) is 9.12. The summed E-state index contributed by atoms with van der Waals surface area (Å²) in [5, 5.41) is 0. The van der Waals surface area contributed by atoms with Crippen LogP contribution in [-0.4, -0.2) is 46.1 Å². The Balaban J connectivity index is 1.51. The highest BCUT2D eigenvalue weighted by Gasteiger charge is 2.38. The highest BCUT2D eigenvalue weighted by atomic mass is 16.5. The molecule has 0 bridgehead atoms. The number of aromatic nitrogens is 2. The Morgan fingerprint density at radius 1 is 1.45 bits per heavy atom. The Morgan fingerprint density at radius 3 is 3.05 bits per heavy atom. The molecular weight excluding hydrogens is 254 g/mol. The molecule has 0 N–H and O–H groups in total. The Labute approximate surface area is 119 Å². The van der Waals surface area contributed by atoms with Crippen molar-refractivity contribution in [3.05, 3.63) is 24.3 Å². The van der Waals surface area contributed by atoms with Gasteiger partial charge in [0.25, 0.3) is 0 Å². The van der Waals surface area contributed by atoms with E-state index in [1.165, 1.54) is 6.33 Å². The van der Waals surface area contributed by atoms with E-state index >= 15 is 0 Å². The number of fused-ring (bicyclic) bond motifs is 1. The van der Waals surface area contributed by atoms with E-state index in [-0.39, 0.29) is 12.0 Å². The molecular formula is C15H21N3O2. The van der Waals surface area contributed by atoms with Crippen LogP contribution < -0.4 is 0 Å². The van der Waals surface area contributed by atoms with Crippen LogP contribution in [0.4, 0.5) is 0 Å². The van der Waals surface area contributed by atoms with Crippen LogP contribution >= 0.6 is 0 Å². The molecule has 5 heteroatoms. The zero-order valence-corrected chi connectivity index (χ0v) is 11.9. The van der Waals surface area contributed by atoms with E-state index in [9.17, 15) is 4.79 Å². The van der Waals surface area contributed by atoms with E-state index in [0.717, 1.165) is 31.5 Å².